The van der Waals surface area contributed by atoms with Crippen molar-refractivity contribution in [1.82, 2.24) is 0 Å². The topological polar surface area (TPSA) is 38.7 Å². The molecular formula is C30H38O3. The first kappa shape index (κ1) is 22.6. The monoisotopic (exact) mass is 446 g/mol. The van der Waals surface area contributed by atoms with E-state index in [1.54, 1.807) is 7.11 Å². The lowest BCUT2D eigenvalue weighted by atomic mass is 9.47. The maximum Gasteiger partial charge on any atom is 0.131 e. The normalized spacial score (nSPS) is 39.1. The predicted octanol–water partition coefficient (Wildman–Crippen LogP) is 6.25. The number of aliphatic hydroxyl groups is 1. The number of allylic oxidation sites excluding steroid dienone is 4. The third-order valence-corrected chi connectivity index (χ3v) is 9.45. The number of methoxy groups -OCH3 is 1. The number of benzene rings is 1. The predicted molar refractivity (Wildman–Crippen MR) is 132 cm³/mol. The number of hydrogen-bond acceptors (Lipinski definition) is 3. The van der Waals surface area contributed by atoms with Crippen LogP contribution < -0.4 is 4.74 Å². The van der Waals surface area contributed by atoms with Crippen LogP contribution >= 0.6 is 0 Å². The zero-order valence-electron chi connectivity index (χ0n) is 20.6. The molecule has 0 saturated heterocycles. The van der Waals surface area contributed by atoms with Gasteiger partial charge in [-0.25, -0.2) is 0 Å². The summed E-state index contributed by atoms with van der Waals surface area (Å²) in [7, 11) is 1.72. The van der Waals surface area contributed by atoms with E-state index in [1.165, 1.54) is 11.1 Å². The van der Waals surface area contributed by atoms with Crippen LogP contribution in [0.4, 0.5) is 0 Å². The summed E-state index contributed by atoms with van der Waals surface area (Å²) in [6.07, 6.45) is 11.0. The van der Waals surface area contributed by atoms with E-state index in [0.29, 0.717) is 29.6 Å². The summed E-state index contributed by atoms with van der Waals surface area (Å²) >= 11 is 0. The van der Waals surface area contributed by atoms with Gasteiger partial charge in [-0.3, -0.25) is 0 Å². The van der Waals surface area contributed by atoms with Crippen LogP contribution in [0.1, 0.15) is 70.8 Å². The number of ether oxygens (including phenoxy) is 2. The highest BCUT2D eigenvalue weighted by Gasteiger charge is 2.64. The third kappa shape index (κ3) is 3.53. The van der Waals surface area contributed by atoms with E-state index in [9.17, 15) is 5.11 Å². The molecule has 4 aliphatic rings. The molecule has 33 heavy (non-hydrogen) atoms. The van der Waals surface area contributed by atoms with Gasteiger partial charge >= 0.3 is 0 Å². The molecule has 1 aromatic rings. The first-order chi connectivity index (χ1) is 15.9. The fourth-order valence-electron chi connectivity index (χ4n) is 7.97. The van der Waals surface area contributed by atoms with E-state index in [4.69, 9.17) is 9.47 Å². The minimum absolute atomic E-state index is 0.186. The van der Waals surface area contributed by atoms with Gasteiger partial charge in [-0.2, -0.15) is 0 Å². The Bertz CT molecular complexity index is 1010. The molecule has 0 bridgehead atoms. The Hall–Kier alpha value is -2.18. The van der Waals surface area contributed by atoms with Gasteiger partial charge < -0.3 is 14.6 Å². The van der Waals surface area contributed by atoms with E-state index in [2.05, 4.69) is 62.1 Å². The van der Waals surface area contributed by atoms with Crippen molar-refractivity contribution < 1.29 is 14.6 Å². The molecule has 1 aromatic carbocycles. The molecule has 0 unspecified atom stereocenters. The molecule has 3 nitrogen and oxygen atoms in total. The summed E-state index contributed by atoms with van der Waals surface area (Å²) in [6.45, 7) is 7.00. The van der Waals surface area contributed by atoms with Crippen molar-refractivity contribution >= 4 is 0 Å². The number of fused-ring (bicyclic) bond motifs is 5. The first-order valence-electron chi connectivity index (χ1n) is 12.8. The van der Waals surface area contributed by atoms with Crippen molar-refractivity contribution in [3.8, 4) is 17.6 Å². The zero-order chi connectivity index (χ0) is 23.2. The maximum absolute atomic E-state index is 11.8. The van der Waals surface area contributed by atoms with Gasteiger partial charge in [-0.05, 0) is 105 Å². The molecule has 3 heteroatoms. The minimum Gasteiger partial charge on any atom is -0.498 e. The second-order valence-electron chi connectivity index (χ2n) is 10.8. The molecule has 7 atom stereocenters. The average molecular weight is 447 g/mol. The molecule has 0 aromatic heterocycles. The summed E-state index contributed by atoms with van der Waals surface area (Å²) in [4.78, 5) is 0. The van der Waals surface area contributed by atoms with Gasteiger partial charge in [-0.15, -0.1) is 5.92 Å². The quantitative estimate of drug-likeness (QED) is 0.556. The molecule has 0 spiro atoms. The van der Waals surface area contributed by atoms with Crippen LogP contribution in [0.3, 0.4) is 0 Å². The fourth-order valence-corrected chi connectivity index (χ4v) is 7.97. The van der Waals surface area contributed by atoms with Crippen LogP contribution in [0.15, 0.2) is 47.7 Å². The Balaban J connectivity index is 1.59. The molecule has 2 saturated carbocycles. The van der Waals surface area contributed by atoms with Crippen LogP contribution in [0.25, 0.3) is 0 Å². The smallest absolute Gasteiger partial charge is 0.131 e. The van der Waals surface area contributed by atoms with E-state index < -0.39 is 5.60 Å². The van der Waals surface area contributed by atoms with E-state index >= 15 is 0 Å². The van der Waals surface area contributed by atoms with Gasteiger partial charge in [-0.1, -0.05) is 31.1 Å². The molecule has 0 aliphatic heterocycles. The van der Waals surface area contributed by atoms with Crippen molar-refractivity contribution in [1.29, 1.82) is 0 Å². The Kier molecular flexibility index (Phi) is 5.86. The van der Waals surface area contributed by atoms with Gasteiger partial charge in [0.2, 0.25) is 0 Å². The zero-order valence-corrected chi connectivity index (χ0v) is 20.6. The molecule has 0 radical (unpaired) electrons. The summed E-state index contributed by atoms with van der Waals surface area (Å²) in [5, 5.41) is 11.8. The van der Waals surface area contributed by atoms with Crippen molar-refractivity contribution in [2.24, 2.45) is 29.1 Å². The Morgan fingerprint density at radius 2 is 1.94 bits per heavy atom. The molecule has 1 N–H and O–H groups in total. The molecule has 0 heterocycles. The third-order valence-electron chi connectivity index (χ3n) is 9.45. The van der Waals surface area contributed by atoms with Crippen molar-refractivity contribution in [2.75, 3.05) is 13.7 Å². The van der Waals surface area contributed by atoms with Crippen LogP contribution in [0.5, 0.6) is 5.75 Å². The highest BCUT2D eigenvalue weighted by Crippen LogP contribution is 2.67. The van der Waals surface area contributed by atoms with Crippen molar-refractivity contribution in [3.63, 3.8) is 0 Å². The maximum atomic E-state index is 11.8. The number of hydrogen-bond donors (Lipinski definition) is 1. The fraction of sp³-hybridized carbons (Fsp3) is 0.600. The SMILES string of the molecule is CC#C[C@]1(O)CC[C@H]2[C@@H]3CC=C4C=C(OCC)CC[C@@H]4[C@H]3[C@@H](c3ccc(OC)cc3)C[C@@]21C. The summed E-state index contributed by atoms with van der Waals surface area (Å²) in [5.74, 6) is 11.0. The first-order valence-corrected chi connectivity index (χ1v) is 12.8. The van der Waals surface area contributed by atoms with Crippen LogP contribution in [0, 0.1) is 40.9 Å². The average Bonchev–Trinajstić information content (AvgIpc) is 3.09. The Labute approximate surface area is 199 Å². The summed E-state index contributed by atoms with van der Waals surface area (Å²) in [6, 6.07) is 8.70. The van der Waals surface area contributed by atoms with Crippen LogP contribution in [-0.2, 0) is 4.74 Å². The molecule has 2 fully saturated rings. The largest absolute Gasteiger partial charge is 0.498 e. The minimum atomic E-state index is -0.888. The second-order valence-corrected chi connectivity index (χ2v) is 10.8. The van der Waals surface area contributed by atoms with Crippen LogP contribution in [-0.4, -0.2) is 24.4 Å². The highest BCUT2D eigenvalue weighted by atomic mass is 16.5. The lowest BCUT2D eigenvalue weighted by molar-refractivity contribution is -0.0902. The Morgan fingerprint density at radius 3 is 2.64 bits per heavy atom. The molecule has 4 aliphatic carbocycles. The summed E-state index contributed by atoms with van der Waals surface area (Å²) < 4.78 is 11.4. The molecule has 0 amide bonds. The van der Waals surface area contributed by atoms with Gasteiger partial charge in [0.15, 0.2) is 0 Å². The summed E-state index contributed by atoms with van der Waals surface area (Å²) in [5.41, 5.74) is 1.79. The number of rotatable bonds is 4. The molecular weight excluding hydrogens is 408 g/mol. The van der Waals surface area contributed by atoms with E-state index in [0.717, 1.165) is 56.6 Å². The van der Waals surface area contributed by atoms with Gasteiger partial charge in [0.05, 0.1) is 19.5 Å². The lowest BCUT2D eigenvalue weighted by Gasteiger charge is -2.57. The van der Waals surface area contributed by atoms with E-state index in [1.807, 2.05) is 6.92 Å². The van der Waals surface area contributed by atoms with Gasteiger partial charge in [0.1, 0.15) is 11.4 Å². The standard InChI is InChI=1S/C30H38O3/c1-5-16-30(31)17-15-27-25-13-9-21-18-23(33-6-2)12-14-24(21)28(25)26(19-29(27,30)3)20-7-10-22(32-4)11-8-20/h7-11,18,24-28,31H,6,12-15,17,19H2,1-4H3/t24-,25-,26+,27-,28+,29-,30-/m0/s1. The van der Waals surface area contributed by atoms with Gasteiger partial charge in [0.25, 0.3) is 0 Å². The Morgan fingerprint density at radius 1 is 1.15 bits per heavy atom. The van der Waals surface area contributed by atoms with Crippen LogP contribution in [0.2, 0.25) is 0 Å². The molecule has 176 valence electrons. The molecule has 5 rings (SSSR count). The lowest BCUT2D eigenvalue weighted by Crippen LogP contribution is -2.54. The van der Waals surface area contributed by atoms with Gasteiger partial charge in [0, 0.05) is 11.8 Å². The highest BCUT2D eigenvalue weighted by molar-refractivity contribution is 5.38. The van der Waals surface area contributed by atoms with E-state index in [-0.39, 0.29) is 5.41 Å². The van der Waals surface area contributed by atoms with Crippen molar-refractivity contribution in [2.45, 2.75) is 70.8 Å². The second kappa shape index (κ2) is 8.55. The van der Waals surface area contributed by atoms with Crippen molar-refractivity contribution in [3.05, 3.63) is 53.3 Å².